The quantitative estimate of drug-likeness (QED) is 0.644. The number of aromatic carboxylic acids is 1. The highest BCUT2D eigenvalue weighted by Crippen LogP contribution is 2.30. The minimum atomic E-state index is -0.949. The van der Waals surface area contributed by atoms with Crippen LogP contribution in [0.1, 0.15) is 33.1 Å². The number of ether oxygens (including phenoxy) is 1. The standard InChI is InChI=1S/C25H21N3O4/c1-16-5-6-21(12-26)24(27-16)32-15-23(29)28-13-22(14-28)20-4-2-3-19(11-20)17-7-9-18(10-8-17)25(30)31/h2-11,22H,13-15H2,1H3,(H,30,31). The number of rotatable bonds is 6. The maximum Gasteiger partial charge on any atom is 0.335 e. The molecule has 1 aliphatic heterocycles. The number of aromatic nitrogens is 1. The minimum Gasteiger partial charge on any atom is -0.478 e. The lowest BCUT2D eigenvalue weighted by molar-refractivity contribution is -0.137. The molecule has 2 aromatic carbocycles. The lowest BCUT2D eigenvalue weighted by atomic mass is 9.89. The molecule has 1 amide bonds. The molecule has 0 saturated carbocycles. The first-order chi connectivity index (χ1) is 15.4. The lowest BCUT2D eigenvalue weighted by Gasteiger charge is -2.39. The van der Waals surface area contributed by atoms with Gasteiger partial charge in [-0.2, -0.15) is 5.26 Å². The number of aryl methyl sites for hydroxylation is 1. The van der Waals surface area contributed by atoms with Gasteiger partial charge in [-0.3, -0.25) is 4.79 Å². The summed E-state index contributed by atoms with van der Waals surface area (Å²) in [5, 5.41) is 18.2. The van der Waals surface area contributed by atoms with E-state index in [0.29, 0.717) is 24.3 Å². The van der Waals surface area contributed by atoms with E-state index in [1.807, 2.05) is 24.3 Å². The zero-order valence-electron chi connectivity index (χ0n) is 17.5. The average Bonchev–Trinajstić information content (AvgIpc) is 2.77. The van der Waals surface area contributed by atoms with Crippen LogP contribution in [0.15, 0.2) is 60.7 Å². The van der Waals surface area contributed by atoms with Crippen LogP contribution < -0.4 is 4.74 Å². The molecule has 1 N–H and O–H groups in total. The van der Waals surface area contributed by atoms with Crippen molar-refractivity contribution < 1.29 is 19.4 Å². The third kappa shape index (κ3) is 4.44. The number of likely N-dealkylation sites (tertiary alicyclic amines) is 1. The van der Waals surface area contributed by atoms with Gasteiger partial charge in [0.15, 0.2) is 6.61 Å². The number of carboxylic acid groups (broad SMARTS) is 1. The van der Waals surface area contributed by atoms with Crippen molar-refractivity contribution in [3.63, 3.8) is 0 Å². The van der Waals surface area contributed by atoms with Crippen LogP contribution in [0.3, 0.4) is 0 Å². The highest BCUT2D eigenvalue weighted by Gasteiger charge is 2.32. The van der Waals surface area contributed by atoms with Crippen LogP contribution in [-0.2, 0) is 4.79 Å². The van der Waals surface area contributed by atoms with E-state index in [-0.39, 0.29) is 29.9 Å². The number of carbonyl (C=O) groups is 2. The Morgan fingerprint density at radius 3 is 2.56 bits per heavy atom. The first-order valence-electron chi connectivity index (χ1n) is 10.2. The van der Waals surface area contributed by atoms with Crippen molar-refractivity contribution in [2.24, 2.45) is 0 Å². The molecule has 1 fully saturated rings. The highest BCUT2D eigenvalue weighted by molar-refractivity contribution is 5.88. The maximum absolute atomic E-state index is 12.5. The Bertz CT molecular complexity index is 1210. The number of carbonyl (C=O) groups excluding carboxylic acids is 1. The zero-order chi connectivity index (χ0) is 22.7. The largest absolute Gasteiger partial charge is 0.478 e. The topological polar surface area (TPSA) is 104 Å². The van der Waals surface area contributed by atoms with Gasteiger partial charge in [-0.15, -0.1) is 0 Å². The molecular weight excluding hydrogens is 406 g/mol. The molecule has 0 radical (unpaired) electrons. The third-order valence-electron chi connectivity index (χ3n) is 5.51. The molecule has 3 aromatic rings. The van der Waals surface area contributed by atoms with E-state index in [9.17, 15) is 9.59 Å². The Morgan fingerprint density at radius 1 is 1.12 bits per heavy atom. The molecule has 1 aromatic heterocycles. The zero-order valence-corrected chi connectivity index (χ0v) is 17.5. The number of hydrogen-bond donors (Lipinski definition) is 1. The molecule has 4 rings (SSSR count). The summed E-state index contributed by atoms with van der Waals surface area (Å²) in [6, 6.07) is 20.2. The molecule has 160 valence electrons. The van der Waals surface area contributed by atoms with Gasteiger partial charge >= 0.3 is 5.97 Å². The van der Waals surface area contributed by atoms with Gasteiger partial charge in [-0.05, 0) is 47.9 Å². The van der Waals surface area contributed by atoms with Crippen LogP contribution in [-0.4, -0.2) is 46.6 Å². The summed E-state index contributed by atoms with van der Waals surface area (Å²) in [5.41, 5.74) is 4.34. The number of carboxylic acids is 1. The molecule has 0 aliphatic carbocycles. The van der Waals surface area contributed by atoms with Crippen LogP contribution >= 0.6 is 0 Å². The van der Waals surface area contributed by atoms with Gasteiger partial charge in [-0.1, -0.05) is 36.4 Å². The minimum absolute atomic E-state index is 0.145. The molecule has 0 bridgehead atoms. The van der Waals surface area contributed by atoms with Gasteiger partial charge in [0.05, 0.1) is 5.56 Å². The van der Waals surface area contributed by atoms with Gasteiger partial charge in [0.25, 0.3) is 5.91 Å². The molecule has 7 heteroatoms. The Balaban J connectivity index is 1.36. The van der Waals surface area contributed by atoms with E-state index >= 15 is 0 Å². The van der Waals surface area contributed by atoms with Crippen molar-refractivity contribution in [1.29, 1.82) is 5.26 Å². The molecule has 1 saturated heterocycles. The van der Waals surface area contributed by atoms with Gasteiger partial charge < -0.3 is 14.7 Å². The van der Waals surface area contributed by atoms with E-state index in [1.54, 1.807) is 48.2 Å². The molecule has 2 heterocycles. The summed E-state index contributed by atoms with van der Waals surface area (Å²) in [4.78, 5) is 29.4. The van der Waals surface area contributed by atoms with E-state index in [1.165, 1.54) is 0 Å². The van der Waals surface area contributed by atoms with Crippen molar-refractivity contribution in [1.82, 2.24) is 9.88 Å². The summed E-state index contributed by atoms with van der Waals surface area (Å²) < 4.78 is 5.51. The molecule has 0 unspecified atom stereocenters. The fourth-order valence-corrected chi connectivity index (χ4v) is 3.62. The van der Waals surface area contributed by atoms with Crippen LogP contribution in [0.5, 0.6) is 5.88 Å². The van der Waals surface area contributed by atoms with E-state index in [2.05, 4.69) is 11.1 Å². The second kappa shape index (κ2) is 8.90. The predicted octanol–water partition coefficient (Wildman–Crippen LogP) is 3.63. The summed E-state index contributed by atoms with van der Waals surface area (Å²) in [5.74, 6) is -0.687. The van der Waals surface area contributed by atoms with E-state index in [4.69, 9.17) is 15.1 Å². The van der Waals surface area contributed by atoms with Gasteiger partial charge in [-0.25, -0.2) is 9.78 Å². The Morgan fingerprint density at radius 2 is 1.88 bits per heavy atom. The molecule has 32 heavy (non-hydrogen) atoms. The molecule has 0 atom stereocenters. The van der Waals surface area contributed by atoms with Crippen LogP contribution in [0.25, 0.3) is 11.1 Å². The van der Waals surface area contributed by atoms with Crippen LogP contribution in [0, 0.1) is 18.3 Å². The first-order valence-corrected chi connectivity index (χ1v) is 10.2. The number of pyridine rings is 1. The molecular formula is C25H21N3O4. The summed E-state index contributed by atoms with van der Waals surface area (Å²) in [7, 11) is 0. The van der Waals surface area contributed by atoms with E-state index < -0.39 is 5.97 Å². The molecule has 7 nitrogen and oxygen atoms in total. The smallest absolute Gasteiger partial charge is 0.335 e. The summed E-state index contributed by atoms with van der Waals surface area (Å²) in [6.45, 7) is 2.82. The van der Waals surface area contributed by atoms with Crippen molar-refractivity contribution in [3.05, 3.63) is 83.0 Å². The second-order valence-corrected chi connectivity index (χ2v) is 7.71. The molecule has 1 aliphatic rings. The average molecular weight is 427 g/mol. The Hall–Kier alpha value is -4.18. The second-order valence-electron chi connectivity index (χ2n) is 7.71. The van der Waals surface area contributed by atoms with Crippen LogP contribution in [0.2, 0.25) is 0 Å². The highest BCUT2D eigenvalue weighted by atomic mass is 16.5. The van der Waals surface area contributed by atoms with Crippen molar-refractivity contribution in [3.8, 4) is 23.1 Å². The number of amides is 1. The summed E-state index contributed by atoms with van der Waals surface area (Å²) >= 11 is 0. The monoisotopic (exact) mass is 427 g/mol. The predicted molar refractivity (Wildman–Crippen MR) is 117 cm³/mol. The number of hydrogen-bond acceptors (Lipinski definition) is 5. The normalized spacial score (nSPS) is 13.2. The fraction of sp³-hybridized carbons (Fsp3) is 0.200. The third-order valence-corrected chi connectivity index (χ3v) is 5.51. The lowest BCUT2D eigenvalue weighted by Crippen LogP contribution is -2.50. The SMILES string of the molecule is Cc1ccc(C#N)c(OCC(=O)N2CC(c3cccc(-c4ccc(C(=O)O)cc4)c3)C2)n1. The molecule has 0 spiro atoms. The maximum atomic E-state index is 12.5. The fourth-order valence-electron chi connectivity index (χ4n) is 3.62. The first kappa shape index (κ1) is 21.1. The van der Waals surface area contributed by atoms with Crippen molar-refractivity contribution in [2.75, 3.05) is 19.7 Å². The number of benzene rings is 2. The van der Waals surface area contributed by atoms with Gasteiger partial charge in [0.2, 0.25) is 5.88 Å². The van der Waals surface area contributed by atoms with Gasteiger partial charge in [0.1, 0.15) is 11.6 Å². The van der Waals surface area contributed by atoms with Crippen molar-refractivity contribution in [2.45, 2.75) is 12.8 Å². The van der Waals surface area contributed by atoms with E-state index in [0.717, 1.165) is 16.7 Å². The van der Waals surface area contributed by atoms with Gasteiger partial charge in [0, 0.05) is 24.7 Å². The van der Waals surface area contributed by atoms with Crippen molar-refractivity contribution >= 4 is 11.9 Å². The Labute approximate surface area is 185 Å². The summed E-state index contributed by atoms with van der Waals surface area (Å²) in [6.07, 6.45) is 0. The number of nitriles is 1. The Kier molecular flexibility index (Phi) is 5.86. The van der Waals surface area contributed by atoms with Crippen LogP contribution in [0.4, 0.5) is 0 Å². The number of nitrogens with zero attached hydrogens (tertiary/aromatic N) is 3.